The number of hydrogen-bond acceptors (Lipinski definition) is 6. The summed E-state index contributed by atoms with van der Waals surface area (Å²) < 4.78 is 16.5. The van der Waals surface area contributed by atoms with E-state index in [9.17, 15) is 4.39 Å². The van der Waals surface area contributed by atoms with Gasteiger partial charge in [-0.1, -0.05) is 0 Å². The lowest BCUT2D eigenvalue weighted by Crippen LogP contribution is -2.52. The number of nitrogens with zero attached hydrogens (tertiary/aromatic N) is 7. The summed E-state index contributed by atoms with van der Waals surface area (Å²) in [7, 11) is 2.21. The molecular formula is C27H32FN7. The number of rotatable bonds is 3. The first-order chi connectivity index (χ1) is 17.0. The van der Waals surface area contributed by atoms with Crippen molar-refractivity contribution in [1.82, 2.24) is 29.4 Å². The van der Waals surface area contributed by atoms with Gasteiger partial charge in [0, 0.05) is 62.0 Å². The highest BCUT2D eigenvalue weighted by molar-refractivity contribution is 5.98. The summed E-state index contributed by atoms with van der Waals surface area (Å²) in [5.41, 5.74) is 5.72. The third kappa shape index (κ3) is 4.15. The molecule has 0 N–H and O–H groups in total. The van der Waals surface area contributed by atoms with Crippen LogP contribution in [0, 0.1) is 19.7 Å². The van der Waals surface area contributed by atoms with Crippen molar-refractivity contribution in [3.63, 3.8) is 0 Å². The Balaban J connectivity index is 1.26. The van der Waals surface area contributed by atoms with E-state index in [0.717, 1.165) is 52.2 Å². The zero-order valence-electron chi connectivity index (χ0n) is 20.7. The Morgan fingerprint density at radius 3 is 2.46 bits per heavy atom. The third-order valence-corrected chi connectivity index (χ3v) is 7.66. The lowest BCUT2D eigenvalue weighted by molar-refractivity contribution is 0.0982. The van der Waals surface area contributed by atoms with Gasteiger partial charge in [-0.2, -0.15) is 5.10 Å². The number of aryl methyl sites for hydroxylation is 2. The van der Waals surface area contributed by atoms with Crippen LogP contribution < -0.4 is 4.90 Å². The summed E-state index contributed by atoms with van der Waals surface area (Å²) in [6, 6.07) is 6.20. The van der Waals surface area contributed by atoms with Crippen molar-refractivity contribution < 1.29 is 4.39 Å². The molecular weight excluding hydrogens is 441 g/mol. The number of fused-ring (bicyclic) bond motifs is 2. The molecule has 3 aromatic heterocycles. The van der Waals surface area contributed by atoms with Gasteiger partial charge < -0.3 is 9.80 Å². The van der Waals surface area contributed by atoms with Gasteiger partial charge in [-0.3, -0.25) is 9.88 Å². The van der Waals surface area contributed by atoms with E-state index in [1.165, 1.54) is 45.1 Å². The molecule has 6 rings (SSSR count). The predicted octanol–water partition coefficient (Wildman–Crippen LogP) is 3.92. The average molecular weight is 474 g/mol. The van der Waals surface area contributed by atoms with Crippen LogP contribution in [-0.2, 0) is 0 Å². The maximum absolute atomic E-state index is 14.7. The zero-order valence-corrected chi connectivity index (χ0v) is 20.7. The van der Waals surface area contributed by atoms with Crippen molar-refractivity contribution in [3.05, 3.63) is 53.9 Å². The first kappa shape index (κ1) is 22.4. The largest absolute Gasteiger partial charge is 0.369 e. The number of halogens is 1. The van der Waals surface area contributed by atoms with Crippen LogP contribution >= 0.6 is 0 Å². The zero-order chi connectivity index (χ0) is 24.1. The molecule has 1 aromatic carbocycles. The van der Waals surface area contributed by atoms with E-state index in [0.29, 0.717) is 11.6 Å². The minimum absolute atomic E-state index is 0.295. The number of aromatic nitrogens is 4. The van der Waals surface area contributed by atoms with Crippen molar-refractivity contribution >= 4 is 22.2 Å². The second-order valence-electron chi connectivity index (χ2n) is 10.2. The maximum atomic E-state index is 14.7. The molecule has 0 radical (unpaired) electrons. The predicted molar refractivity (Wildman–Crippen MR) is 137 cm³/mol. The summed E-state index contributed by atoms with van der Waals surface area (Å²) >= 11 is 0. The van der Waals surface area contributed by atoms with E-state index < -0.39 is 0 Å². The van der Waals surface area contributed by atoms with Gasteiger partial charge in [0.15, 0.2) is 5.65 Å². The molecule has 0 bridgehead atoms. The van der Waals surface area contributed by atoms with Crippen molar-refractivity contribution in [2.75, 3.05) is 51.2 Å². The van der Waals surface area contributed by atoms with Crippen LogP contribution in [0.1, 0.15) is 24.1 Å². The molecule has 0 amide bonds. The minimum Gasteiger partial charge on any atom is -0.369 e. The molecule has 35 heavy (non-hydrogen) atoms. The molecule has 7 nitrogen and oxygen atoms in total. The minimum atomic E-state index is -0.295. The van der Waals surface area contributed by atoms with Gasteiger partial charge in [0.25, 0.3) is 0 Å². The number of piperidine rings is 1. The molecule has 0 aliphatic carbocycles. The van der Waals surface area contributed by atoms with E-state index in [1.807, 2.05) is 42.9 Å². The van der Waals surface area contributed by atoms with Crippen LogP contribution in [0.3, 0.4) is 0 Å². The Morgan fingerprint density at radius 2 is 1.69 bits per heavy atom. The number of piperazine rings is 1. The van der Waals surface area contributed by atoms with Crippen molar-refractivity contribution in [2.24, 2.45) is 0 Å². The highest BCUT2D eigenvalue weighted by Gasteiger charge is 2.27. The number of benzene rings is 1. The van der Waals surface area contributed by atoms with Crippen LogP contribution in [0.2, 0.25) is 0 Å². The number of pyridine rings is 1. The molecule has 0 unspecified atom stereocenters. The molecule has 2 aliphatic heterocycles. The fourth-order valence-corrected chi connectivity index (χ4v) is 5.67. The Kier molecular flexibility index (Phi) is 5.65. The molecule has 0 saturated carbocycles. The summed E-state index contributed by atoms with van der Waals surface area (Å²) in [5, 5.41) is 5.42. The molecule has 2 aliphatic rings. The number of anilines is 1. The van der Waals surface area contributed by atoms with Gasteiger partial charge >= 0.3 is 0 Å². The quantitative estimate of drug-likeness (QED) is 0.450. The Bertz CT molecular complexity index is 1380. The van der Waals surface area contributed by atoms with Crippen molar-refractivity contribution in [3.8, 4) is 11.1 Å². The molecule has 0 atom stereocenters. The van der Waals surface area contributed by atoms with Crippen LogP contribution in [0.25, 0.3) is 27.7 Å². The van der Waals surface area contributed by atoms with Gasteiger partial charge in [0.1, 0.15) is 11.3 Å². The molecule has 182 valence electrons. The van der Waals surface area contributed by atoms with Crippen LogP contribution in [0.4, 0.5) is 10.1 Å². The number of likely N-dealkylation sites (N-methyl/N-ethyl adjacent to an activating group) is 1. The first-order valence-corrected chi connectivity index (χ1v) is 12.5. The number of hydrogen-bond donors (Lipinski definition) is 0. The van der Waals surface area contributed by atoms with E-state index >= 15 is 0 Å². The second kappa shape index (κ2) is 8.84. The van der Waals surface area contributed by atoms with Crippen LogP contribution in [-0.4, -0.2) is 81.7 Å². The third-order valence-electron chi connectivity index (χ3n) is 7.66. The SMILES string of the molecule is Cc1cc(F)c2nc(C)cc(-c3cnn4cc(N5CCC(N6CCN(C)CC6)CC5)cnc34)c2c1. The van der Waals surface area contributed by atoms with Gasteiger partial charge in [0.2, 0.25) is 0 Å². The Hall–Kier alpha value is -3.10. The summed E-state index contributed by atoms with van der Waals surface area (Å²) in [6.07, 6.45) is 8.22. The highest BCUT2D eigenvalue weighted by atomic mass is 19.1. The standard InChI is InChI=1S/C27H32FN7/c1-18-12-23-22(14-19(2)31-26(23)25(28)13-18)24-16-30-35-17-21(15-29-27(24)35)33-6-4-20(5-7-33)34-10-8-32(3)9-11-34/h12-17,20H,4-11H2,1-3H3. The van der Waals surface area contributed by atoms with Gasteiger partial charge in [-0.05, 0) is 63.1 Å². The highest BCUT2D eigenvalue weighted by Crippen LogP contribution is 2.33. The van der Waals surface area contributed by atoms with E-state index in [-0.39, 0.29) is 5.82 Å². The Morgan fingerprint density at radius 1 is 0.914 bits per heavy atom. The van der Waals surface area contributed by atoms with Crippen LogP contribution in [0.5, 0.6) is 0 Å². The summed E-state index contributed by atoms with van der Waals surface area (Å²) in [4.78, 5) is 16.8. The normalized spacial score (nSPS) is 18.7. The van der Waals surface area contributed by atoms with E-state index in [2.05, 4.69) is 38.0 Å². The van der Waals surface area contributed by atoms with E-state index in [4.69, 9.17) is 4.98 Å². The smallest absolute Gasteiger partial charge is 0.162 e. The second-order valence-corrected chi connectivity index (χ2v) is 10.2. The van der Waals surface area contributed by atoms with Crippen molar-refractivity contribution in [2.45, 2.75) is 32.7 Å². The molecule has 0 spiro atoms. The van der Waals surface area contributed by atoms with E-state index in [1.54, 1.807) is 0 Å². The van der Waals surface area contributed by atoms with Gasteiger partial charge in [0.05, 0.1) is 24.3 Å². The van der Waals surface area contributed by atoms with Crippen LogP contribution in [0.15, 0.2) is 36.8 Å². The maximum Gasteiger partial charge on any atom is 0.162 e. The first-order valence-electron chi connectivity index (χ1n) is 12.5. The summed E-state index contributed by atoms with van der Waals surface area (Å²) in [6.45, 7) is 10.6. The fraction of sp³-hybridized carbons (Fsp3) is 0.444. The van der Waals surface area contributed by atoms with Crippen molar-refractivity contribution in [1.29, 1.82) is 0 Å². The monoisotopic (exact) mass is 473 g/mol. The average Bonchev–Trinajstić information content (AvgIpc) is 3.28. The molecule has 5 heterocycles. The summed E-state index contributed by atoms with van der Waals surface area (Å²) in [5.74, 6) is -0.295. The topological polar surface area (TPSA) is 52.8 Å². The lowest BCUT2D eigenvalue weighted by atomic mass is 10.0. The molecule has 2 fully saturated rings. The molecule has 8 heteroatoms. The van der Waals surface area contributed by atoms with Gasteiger partial charge in [-0.15, -0.1) is 0 Å². The fourth-order valence-electron chi connectivity index (χ4n) is 5.67. The molecule has 4 aromatic rings. The molecule has 2 saturated heterocycles. The lowest BCUT2D eigenvalue weighted by Gasteiger charge is -2.42. The van der Waals surface area contributed by atoms with Gasteiger partial charge in [-0.25, -0.2) is 13.9 Å². The Labute approximate surface area is 205 Å².